The zero-order chi connectivity index (χ0) is 13.7. The van der Waals surface area contributed by atoms with Gasteiger partial charge in [-0.25, -0.2) is 4.98 Å². The van der Waals surface area contributed by atoms with Crippen LogP contribution in [-0.4, -0.2) is 42.6 Å². The molecule has 2 N–H and O–H groups in total. The SMILES string of the molecule is CCC(CC)CN1CCN(c2ncccc2N)CC1. The highest BCUT2D eigenvalue weighted by Gasteiger charge is 2.20. The summed E-state index contributed by atoms with van der Waals surface area (Å²) >= 11 is 0. The van der Waals surface area contributed by atoms with E-state index >= 15 is 0 Å². The fraction of sp³-hybridized carbons (Fsp3) is 0.667. The average molecular weight is 262 g/mol. The Morgan fingerprint density at radius 2 is 1.89 bits per heavy atom. The smallest absolute Gasteiger partial charge is 0.151 e. The predicted octanol–water partition coefficient (Wildman–Crippen LogP) is 2.22. The molecule has 4 nitrogen and oxygen atoms in total. The first-order valence-electron chi connectivity index (χ1n) is 7.42. The number of anilines is 2. The van der Waals surface area contributed by atoms with Crippen molar-refractivity contribution in [3.63, 3.8) is 0 Å². The molecule has 0 aliphatic carbocycles. The molecule has 0 bridgehead atoms. The fourth-order valence-corrected chi connectivity index (χ4v) is 2.73. The molecule has 1 aliphatic heterocycles. The normalized spacial score (nSPS) is 17.1. The van der Waals surface area contributed by atoms with Crippen LogP contribution in [0.25, 0.3) is 0 Å². The van der Waals surface area contributed by atoms with E-state index in [9.17, 15) is 0 Å². The summed E-state index contributed by atoms with van der Waals surface area (Å²) in [6, 6.07) is 3.82. The van der Waals surface area contributed by atoms with Crippen molar-refractivity contribution >= 4 is 11.5 Å². The maximum absolute atomic E-state index is 5.99. The first-order chi connectivity index (χ1) is 9.24. The molecule has 0 amide bonds. The fourth-order valence-electron chi connectivity index (χ4n) is 2.73. The molecule has 1 aromatic heterocycles. The lowest BCUT2D eigenvalue weighted by molar-refractivity contribution is 0.212. The highest BCUT2D eigenvalue weighted by molar-refractivity contribution is 5.62. The summed E-state index contributed by atoms with van der Waals surface area (Å²) in [5, 5.41) is 0. The van der Waals surface area contributed by atoms with E-state index in [0.717, 1.165) is 43.6 Å². The molecule has 1 aliphatic rings. The van der Waals surface area contributed by atoms with Gasteiger partial charge >= 0.3 is 0 Å². The molecule has 0 spiro atoms. The molecule has 19 heavy (non-hydrogen) atoms. The first kappa shape index (κ1) is 14.1. The number of nitrogen functional groups attached to an aromatic ring is 1. The van der Waals surface area contributed by atoms with Crippen molar-refractivity contribution in [2.75, 3.05) is 43.4 Å². The van der Waals surface area contributed by atoms with Gasteiger partial charge in [0.1, 0.15) is 0 Å². The largest absolute Gasteiger partial charge is 0.396 e. The molecule has 1 saturated heterocycles. The summed E-state index contributed by atoms with van der Waals surface area (Å²) < 4.78 is 0. The molecule has 2 heterocycles. The number of nitrogens with zero attached hydrogens (tertiary/aromatic N) is 3. The van der Waals surface area contributed by atoms with Crippen molar-refractivity contribution in [2.45, 2.75) is 26.7 Å². The van der Waals surface area contributed by atoms with Crippen molar-refractivity contribution < 1.29 is 0 Å². The Hall–Kier alpha value is -1.29. The first-order valence-corrected chi connectivity index (χ1v) is 7.42. The maximum Gasteiger partial charge on any atom is 0.151 e. The summed E-state index contributed by atoms with van der Waals surface area (Å²) in [7, 11) is 0. The number of aromatic nitrogens is 1. The number of nitrogens with two attached hydrogens (primary N) is 1. The monoisotopic (exact) mass is 262 g/mol. The van der Waals surface area contributed by atoms with E-state index < -0.39 is 0 Å². The minimum absolute atomic E-state index is 0.788. The van der Waals surface area contributed by atoms with Gasteiger partial charge in [-0.05, 0) is 18.1 Å². The highest BCUT2D eigenvalue weighted by atomic mass is 15.3. The standard InChI is InChI=1S/C15H26N4/c1-3-13(4-2)12-18-8-10-19(11-9-18)15-14(16)6-5-7-17-15/h5-7,13H,3-4,8-12,16H2,1-2H3. The highest BCUT2D eigenvalue weighted by Crippen LogP contribution is 2.21. The summed E-state index contributed by atoms with van der Waals surface area (Å²) in [5.74, 6) is 1.79. The van der Waals surface area contributed by atoms with Gasteiger partial charge in [-0.15, -0.1) is 0 Å². The molecule has 1 aromatic rings. The maximum atomic E-state index is 5.99. The van der Waals surface area contributed by atoms with E-state index in [2.05, 4.69) is 28.6 Å². The van der Waals surface area contributed by atoms with Crippen LogP contribution >= 0.6 is 0 Å². The van der Waals surface area contributed by atoms with E-state index in [1.807, 2.05) is 18.3 Å². The van der Waals surface area contributed by atoms with Crippen LogP contribution in [0.2, 0.25) is 0 Å². The van der Waals surface area contributed by atoms with Crippen molar-refractivity contribution in [3.8, 4) is 0 Å². The van der Waals surface area contributed by atoms with Gasteiger partial charge in [0.2, 0.25) is 0 Å². The summed E-state index contributed by atoms with van der Waals surface area (Å²) in [6.45, 7) is 10.1. The van der Waals surface area contributed by atoms with Crippen molar-refractivity contribution in [3.05, 3.63) is 18.3 Å². The zero-order valence-electron chi connectivity index (χ0n) is 12.2. The van der Waals surface area contributed by atoms with E-state index in [4.69, 9.17) is 5.73 Å². The van der Waals surface area contributed by atoms with E-state index in [-0.39, 0.29) is 0 Å². The Kier molecular flexibility index (Phi) is 5.02. The van der Waals surface area contributed by atoms with Crippen LogP contribution in [-0.2, 0) is 0 Å². The lowest BCUT2D eigenvalue weighted by Crippen LogP contribution is -2.48. The summed E-state index contributed by atoms with van der Waals surface area (Å²) in [5.41, 5.74) is 6.78. The molecule has 0 aromatic carbocycles. The zero-order valence-corrected chi connectivity index (χ0v) is 12.2. The lowest BCUT2D eigenvalue weighted by atomic mass is 10.0. The van der Waals surface area contributed by atoms with Gasteiger partial charge in [0.15, 0.2) is 5.82 Å². The van der Waals surface area contributed by atoms with Crippen LogP contribution < -0.4 is 10.6 Å². The van der Waals surface area contributed by atoms with Crippen LogP contribution in [0.4, 0.5) is 11.5 Å². The molecular formula is C15H26N4. The minimum Gasteiger partial charge on any atom is -0.396 e. The molecule has 1 fully saturated rings. The van der Waals surface area contributed by atoms with Crippen molar-refractivity contribution in [1.29, 1.82) is 0 Å². The Morgan fingerprint density at radius 3 is 2.47 bits per heavy atom. The van der Waals surface area contributed by atoms with Gasteiger partial charge in [0.05, 0.1) is 5.69 Å². The van der Waals surface area contributed by atoms with Gasteiger partial charge in [-0.3, -0.25) is 4.90 Å². The van der Waals surface area contributed by atoms with Gasteiger partial charge < -0.3 is 10.6 Å². The Labute approximate surface area is 116 Å². The minimum atomic E-state index is 0.788. The van der Waals surface area contributed by atoms with E-state index in [1.54, 1.807) is 0 Å². The van der Waals surface area contributed by atoms with Crippen LogP contribution in [0.15, 0.2) is 18.3 Å². The molecule has 2 rings (SSSR count). The summed E-state index contributed by atoms with van der Waals surface area (Å²) in [6.07, 6.45) is 4.38. The number of pyridine rings is 1. The van der Waals surface area contributed by atoms with Gasteiger partial charge in [-0.1, -0.05) is 26.7 Å². The van der Waals surface area contributed by atoms with Crippen LogP contribution in [0.3, 0.4) is 0 Å². The quantitative estimate of drug-likeness (QED) is 0.884. The number of rotatable bonds is 5. The number of hydrogen-bond donors (Lipinski definition) is 1. The third kappa shape index (κ3) is 3.60. The Bertz CT molecular complexity index is 381. The Balaban J connectivity index is 1.87. The topological polar surface area (TPSA) is 45.4 Å². The Morgan fingerprint density at radius 1 is 1.21 bits per heavy atom. The van der Waals surface area contributed by atoms with Crippen LogP contribution in [0.1, 0.15) is 26.7 Å². The molecule has 0 saturated carbocycles. The molecule has 4 heteroatoms. The predicted molar refractivity (Wildman–Crippen MR) is 81.4 cm³/mol. The van der Waals surface area contributed by atoms with Gasteiger partial charge in [-0.2, -0.15) is 0 Å². The van der Waals surface area contributed by atoms with Gasteiger partial charge in [0.25, 0.3) is 0 Å². The summed E-state index contributed by atoms with van der Waals surface area (Å²) in [4.78, 5) is 9.28. The van der Waals surface area contributed by atoms with Crippen molar-refractivity contribution in [1.82, 2.24) is 9.88 Å². The molecule has 0 radical (unpaired) electrons. The number of piperazine rings is 1. The number of hydrogen-bond acceptors (Lipinski definition) is 4. The van der Waals surface area contributed by atoms with Crippen LogP contribution in [0, 0.1) is 5.92 Å². The second-order valence-corrected chi connectivity index (χ2v) is 5.39. The average Bonchev–Trinajstić information content (AvgIpc) is 2.46. The van der Waals surface area contributed by atoms with E-state index in [0.29, 0.717) is 0 Å². The molecule has 106 valence electrons. The lowest BCUT2D eigenvalue weighted by Gasteiger charge is -2.37. The van der Waals surface area contributed by atoms with Gasteiger partial charge in [0, 0.05) is 38.9 Å². The van der Waals surface area contributed by atoms with Crippen molar-refractivity contribution in [2.24, 2.45) is 5.92 Å². The third-order valence-corrected chi connectivity index (χ3v) is 4.16. The second kappa shape index (κ2) is 6.75. The van der Waals surface area contributed by atoms with E-state index in [1.165, 1.54) is 19.4 Å². The molecule has 0 atom stereocenters. The van der Waals surface area contributed by atoms with Crippen LogP contribution in [0.5, 0.6) is 0 Å². The molecule has 0 unspecified atom stereocenters. The second-order valence-electron chi connectivity index (χ2n) is 5.39. The third-order valence-electron chi connectivity index (χ3n) is 4.16. The molecular weight excluding hydrogens is 236 g/mol.